The molecule has 0 bridgehead atoms. The monoisotopic (exact) mass is 286 g/mol. The molecule has 2 heterocycles. The molecule has 2 rings (SSSR count). The number of furan rings is 1. The number of rotatable bonds is 4. The van der Waals surface area contributed by atoms with E-state index in [0.29, 0.717) is 6.42 Å². The summed E-state index contributed by atoms with van der Waals surface area (Å²) in [7, 11) is 0. The number of halogens is 1. The average Bonchev–Trinajstić information content (AvgIpc) is 2.84. The van der Waals surface area contributed by atoms with Gasteiger partial charge in [0.25, 0.3) is 0 Å². The Balaban J connectivity index is 1.93. The van der Waals surface area contributed by atoms with Crippen LogP contribution in [0.15, 0.2) is 38.0 Å². The van der Waals surface area contributed by atoms with Crippen LogP contribution in [-0.2, 0) is 6.42 Å². The van der Waals surface area contributed by atoms with Gasteiger partial charge in [-0.1, -0.05) is 0 Å². The van der Waals surface area contributed by atoms with Gasteiger partial charge in [0.2, 0.25) is 0 Å². The maximum Gasteiger partial charge on any atom is 0.103 e. The van der Waals surface area contributed by atoms with Gasteiger partial charge in [-0.25, -0.2) is 0 Å². The molecule has 2 nitrogen and oxygen atoms in total. The van der Waals surface area contributed by atoms with Crippen LogP contribution in [0.5, 0.6) is 0 Å². The molecule has 0 aliphatic carbocycles. The van der Waals surface area contributed by atoms with Crippen molar-refractivity contribution in [2.45, 2.75) is 18.9 Å². The van der Waals surface area contributed by atoms with E-state index < -0.39 is 6.10 Å². The lowest BCUT2D eigenvalue weighted by molar-refractivity contribution is 0.165. The van der Waals surface area contributed by atoms with Crippen molar-refractivity contribution in [2.75, 3.05) is 0 Å². The molecule has 0 amide bonds. The number of hydrogen-bond donors (Lipinski definition) is 1. The fourth-order valence-corrected chi connectivity index (χ4v) is 3.03. The van der Waals surface area contributed by atoms with E-state index in [4.69, 9.17) is 4.42 Å². The molecule has 0 aromatic carbocycles. The third-order valence-corrected chi connectivity index (χ3v) is 4.00. The molecule has 2 aromatic rings. The number of aliphatic hydroxyl groups excluding tert-OH is 1. The van der Waals surface area contributed by atoms with Gasteiger partial charge in [0.05, 0.1) is 12.4 Å². The largest absolute Gasteiger partial charge is 0.469 e. The molecule has 1 N–H and O–H groups in total. The highest BCUT2D eigenvalue weighted by Gasteiger charge is 2.12. The van der Waals surface area contributed by atoms with Crippen molar-refractivity contribution in [3.8, 4) is 0 Å². The molecule has 1 atom stereocenters. The quantitative estimate of drug-likeness (QED) is 0.928. The van der Waals surface area contributed by atoms with Crippen LogP contribution in [-0.4, -0.2) is 5.11 Å². The predicted molar refractivity (Wildman–Crippen MR) is 64.0 cm³/mol. The summed E-state index contributed by atoms with van der Waals surface area (Å²) in [6, 6.07) is 3.79. The van der Waals surface area contributed by atoms with Crippen LogP contribution in [0.1, 0.15) is 23.8 Å². The smallest absolute Gasteiger partial charge is 0.103 e. The SMILES string of the molecule is OC(CCc1ccco1)c1cscc1Br. The van der Waals surface area contributed by atoms with Gasteiger partial charge in [0.1, 0.15) is 5.76 Å². The predicted octanol–water partition coefficient (Wildman–Crippen LogP) is 3.77. The van der Waals surface area contributed by atoms with Crippen LogP contribution < -0.4 is 0 Å². The summed E-state index contributed by atoms with van der Waals surface area (Å²) in [5.74, 6) is 0.917. The maximum atomic E-state index is 9.92. The third kappa shape index (κ3) is 2.71. The van der Waals surface area contributed by atoms with E-state index in [1.807, 2.05) is 22.9 Å². The fraction of sp³-hybridized carbons (Fsp3) is 0.273. The molecule has 0 fully saturated rings. The number of hydrogen-bond acceptors (Lipinski definition) is 3. The Labute approximate surface area is 101 Å². The van der Waals surface area contributed by atoms with Crippen molar-refractivity contribution in [3.63, 3.8) is 0 Å². The maximum absolute atomic E-state index is 9.92. The summed E-state index contributed by atoms with van der Waals surface area (Å²) in [4.78, 5) is 0. The van der Waals surface area contributed by atoms with Crippen LogP contribution in [0.25, 0.3) is 0 Å². The van der Waals surface area contributed by atoms with Gasteiger partial charge in [-0.2, -0.15) is 11.3 Å². The van der Waals surface area contributed by atoms with E-state index in [9.17, 15) is 5.11 Å². The molecule has 0 saturated carbocycles. The van der Waals surface area contributed by atoms with Gasteiger partial charge in [0, 0.05) is 21.8 Å². The Kier molecular flexibility index (Phi) is 3.61. The van der Waals surface area contributed by atoms with Gasteiger partial charge in [-0.05, 0) is 39.9 Å². The van der Waals surface area contributed by atoms with Gasteiger partial charge in [-0.3, -0.25) is 0 Å². The molecule has 1 unspecified atom stereocenters. The van der Waals surface area contributed by atoms with E-state index in [1.165, 1.54) is 0 Å². The highest BCUT2D eigenvalue weighted by atomic mass is 79.9. The molecule has 80 valence electrons. The molecule has 0 radical (unpaired) electrons. The van der Waals surface area contributed by atoms with Crippen LogP contribution in [0.2, 0.25) is 0 Å². The topological polar surface area (TPSA) is 33.4 Å². The van der Waals surface area contributed by atoms with Crippen molar-refractivity contribution < 1.29 is 9.52 Å². The van der Waals surface area contributed by atoms with Crippen LogP contribution in [0, 0.1) is 0 Å². The lowest BCUT2D eigenvalue weighted by Crippen LogP contribution is -1.98. The molecular formula is C11H11BrO2S. The molecule has 0 saturated heterocycles. The first kappa shape index (κ1) is 10.9. The second kappa shape index (κ2) is 4.96. The van der Waals surface area contributed by atoms with Gasteiger partial charge in [-0.15, -0.1) is 0 Å². The minimum absolute atomic E-state index is 0.421. The summed E-state index contributed by atoms with van der Waals surface area (Å²) in [6.45, 7) is 0. The third-order valence-electron chi connectivity index (χ3n) is 2.25. The summed E-state index contributed by atoms with van der Waals surface area (Å²) in [5, 5.41) is 13.9. The van der Waals surface area contributed by atoms with Crippen LogP contribution in [0.4, 0.5) is 0 Å². The van der Waals surface area contributed by atoms with Crippen molar-refractivity contribution in [1.82, 2.24) is 0 Å². The summed E-state index contributed by atoms with van der Waals surface area (Å²) in [6.07, 6.45) is 2.68. The van der Waals surface area contributed by atoms with Crippen molar-refractivity contribution in [1.29, 1.82) is 0 Å². The first-order valence-corrected chi connectivity index (χ1v) is 6.43. The highest BCUT2D eigenvalue weighted by Crippen LogP contribution is 2.29. The Morgan fingerprint density at radius 1 is 1.47 bits per heavy atom. The molecule has 0 aliphatic heterocycles. The lowest BCUT2D eigenvalue weighted by atomic mass is 10.1. The van der Waals surface area contributed by atoms with Crippen LogP contribution in [0.3, 0.4) is 0 Å². The fourth-order valence-electron chi connectivity index (χ4n) is 1.42. The zero-order valence-electron chi connectivity index (χ0n) is 8.02. The molecule has 2 aromatic heterocycles. The van der Waals surface area contributed by atoms with E-state index in [1.54, 1.807) is 17.6 Å². The molecule has 0 spiro atoms. The summed E-state index contributed by atoms with van der Waals surface area (Å²) >= 11 is 5.00. The second-order valence-corrected chi connectivity index (χ2v) is 4.91. The number of thiophene rings is 1. The zero-order chi connectivity index (χ0) is 10.7. The van der Waals surface area contributed by atoms with Gasteiger partial charge in [0.15, 0.2) is 0 Å². The van der Waals surface area contributed by atoms with E-state index in [-0.39, 0.29) is 0 Å². The molecule has 4 heteroatoms. The lowest BCUT2D eigenvalue weighted by Gasteiger charge is -2.08. The van der Waals surface area contributed by atoms with Gasteiger partial charge >= 0.3 is 0 Å². The Morgan fingerprint density at radius 3 is 2.93 bits per heavy atom. The van der Waals surface area contributed by atoms with Gasteiger partial charge < -0.3 is 9.52 Å². The van der Waals surface area contributed by atoms with Crippen molar-refractivity contribution >= 4 is 27.3 Å². The Morgan fingerprint density at radius 2 is 2.33 bits per heavy atom. The number of aryl methyl sites for hydroxylation is 1. The van der Waals surface area contributed by atoms with E-state index in [2.05, 4.69) is 15.9 Å². The van der Waals surface area contributed by atoms with E-state index >= 15 is 0 Å². The average molecular weight is 287 g/mol. The Hall–Kier alpha value is -0.580. The number of aliphatic hydroxyl groups is 1. The van der Waals surface area contributed by atoms with Crippen molar-refractivity contribution in [2.24, 2.45) is 0 Å². The summed E-state index contributed by atoms with van der Waals surface area (Å²) in [5.41, 5.74) is 0.964. The minimum atomic E-state index is -0.421. The van der Waals surface area contributed by atoms with E-state index in [0.717, 1.165) is 22.2 Å². The van der Waals surface area contributed by atoms with Crippen LogP contribution >= 0.6 is 27.3 Å². The summed E-state index contributed by atoms with van der Waals surface area (Å²) < 4.78 is 6.20. The molecule has 0 aliphatic rings. The second-order valence-electron chi connectivity index (χ2n) is 3.31. The Bertz CT molecular complexity index is 408. The first-order valence-electron chi connectivity index (χ1n) is 4.69. The normalized spacial score (nSPS) is 12.9. The van der Waals surface area contributed by atoms with Crippen molar-refractivity contribution in [3.05, 3.63) is 45.0 Å². The minimum Gasteiger partial charge on any atom is -0.469 e. The zero-order valence-corrected chi connectivity index (χ0v) is 10.4. The molecular weight excluding hydrogens is 276 g/mol. The standard InChI is InChI=1S/C11H11BrO2S/c12-10-7-15-6-9(10)11(13)4-3-8-2-1-5-14-8/h1-2,5-7,11,13H,3-4H2. The highest BCUT2D eigenvalue weighted by molar-refractivity contribution is 9.10. The molecule has 15 heavy (non-hydrogen) atoms. The first-order chi connectivity index (χ1) is 7.27.